The first kappa shape index (κ1) is 17.8. The van der Waals surface area contributed by atoms with E-state index in [0.29, 0.717) is 18.8 Å². The van der Waals surface area contributed by atoms with E-state index in [4.69, 9.17) is 10.5 Å². The molecule has 3 rings (SSSR count). The summed E-state index contributed by atoms with van der Waals surface area (Å²) in [7, 11) is 0. The van der Waals surface area contributed by atoms with Crippen molar-refractivity contribution in [2.75, 3.05) is 30.3 Å². The van der Waals surface area contributed by atoms with Crippen LogP contribution in [0.4, 0.5) is 16.2 Å². The lowest BCUT2D eigenvalue weighted by Gasteiger charge is -2.35. The van der Waals surface area contributed by atoms with Crippen molar-refractivity contribution < 1.29 is 9.53 Å². The Bertz CT molecular complexity index is 748. The maximum Gasteiger partial charge on any atom is 0.407 e. The summed E-state index contributed by atoms with van der Waals surface area (Å²) in [6.07, 6.45) is 7.03. The molecule has 0 aliphatic carbocycles. The first-order valence-corrected chi connectivity index (χ1v) is 9.48. The fraction of sp³-hybridized carbons (Fsp3) is 0.529. The number of hydrogen-bond donors (Lipinski definition) is 3. The lowest BCUT2D eigenvalue weighted by atomic mass is 10.0. The topological polar surface area (TPSA) is 96.3 Å². The van der Waals surface area contributed by atoms with Crippen molar-refractivity contribution in [2.24, 2.45) is 0 Å². The maximum atomic E-state index is 11.9. The van der Waals surface area contributed by atoms with Gasteiger partial charge in [0, 0.05) is 31.5 Å². The van der Waals surface area contributed by atoms with E-state index in [9.17, 15) is 4.79 Å². The number of nitrogens with one attached hydrogen (secondary N) is 2. The van der Waals surface area contributed by atoms with Crippen LogP contribution in [0.2, 0.25) is 0 Å². The number of carbonyl (C=O) groups excluding carboxylic acids is 1. The van der Waals surface area contributed by atoms with Gasteiger partial charge in [0.05, 0.1) is 27.8 Å². The molecular formula is C17H24BrN5O2. The zero-order chi connectivity index (χ0) is 17.8. The van der Waals surface area contributed by atoms with Crippen molar-refractivity contribution in [1.82, 2.24) is 15.3 Å². The van der Waals surface area contributed by atoms with Gasteiger partial charge in [-0.3, -0.25) is 0 Å². The van der Waals surface area contributed by atoms with Gasteiger partial charge in [-0.2, -0.15) is 0 Å². The van der Waals surface area contributed by atoms with Gasteiger partial charge in [-0.05, 0) is 35.2 Å². The van der Waals surface area contributed by atoms with E-state index in [1.807, 2.05) is 0 Å². The molecule has 1 atom stereocenters. The predicted molar refractivity (Wildman–Crippen MR) is 103 cm³/mol. The fourth-order valence-electron chi connectivity index (χ4n) is 3.20. The lowest BCUT2D eigenvalue weighted by Crippen LogP contribution is -2.48. The molecule has 0 unspecified atom stereocenters. The normalized spacial score (nSPS) is 17.7. The molecule has 136 valence electrons. The van der Waals surface area contributed by atoms with Gasteiger partial charge in [-0.15, -0.1) is 0 Å². The number of nitrogen functional groups attached to an aromatic ring is 1. The standard InChI is InChI=1S/C17H24BrN5O2/c1-2-3-7-25-17(24)22-11-5-4-6-23(10-11)15-12(18)8-20-16-14(15)13(19)9-21-16/h8-9,11H,2-7,10,19H2,1H3,(H,20,21)(H,22,24)/t11-/m1/s1. The molecule has 7 nitrogen and oxygen atoms in total. The Morgan fingerprint density at radius 3 is 3.24 bits per heavy atom. The van der Waals surface area contributed by atoms with Gasteiger partial charge in [-0.25, -0.2) is 9.78 Å². The second kappa shape index (κ2) is 7.95. The lowest BCUT2D eigenvalue weighted by molar-refractivity contribution is 0.139. The molecule has 3 heterocycles. The number of anilines is 2. The number of nitrogens with two attached hydrogens (primary N) is 1. The average Bonchev–Trinajstić information content (AvgIpc) is 2.96. The van der Waals surface area contributed by atoms with Gasteiger partial charge in [0.1, 0.15) is 5.65 Å². The van der Waals surface area contributed by atoms with Gasteiger partial charge in [0.15, 0.2) is 0 Å². The summed E-state index contributed by atoms with van der Waals surface area (Å²) >= 11 is 3.60. The minimum Gasteiger partial charge on any atom is -0.450 e. The van der Waals surface area contributed by atoms with E-state index >= 15 is 0 Å². The number of ether oxygens (including phenoxy) is 1. The number of fused-ring (bicyclic) bond motifs is 1. The number of rotatable bonds is 5. The molecular weight excluding hydrogens is 386 g/mol. The van der Waals surface area contributed by atoms with E-state index in [2.05, 4.69) is 43.0 Å². The number of aromatic amines is 1. The van der Waals surface area contributed by atoms with Crippen molar-refractivity contribution >= 4 is 44.4 Å². The highest BCUT2D eigenvalue weighted by Gasteiger charge is 2.25. The van der Waals surface area contributed by atoms with Crippen LogP contribution in [-0.4, -0.2) is 41.8 Å². The quantitative estimate of drug-likeness (QED) is 0.657. The molecule has 0 bridgehead atoms. The van der Waals surface area contributed by atoms with Crippen LogP contribution in [0.3, 0.4) is 0 Å². The molecule has 0 spiro atoms. The number of amides is 1. The number of pyridine rings is 1. The molecule has 1 amide bonds. The number of piperidine rings is 1. The third-order valence-electron chi connectivity index (χ3n) is 4.45. The summed E-state index contributed by atoms with van der Waals surface area (Å²) in [5, 5.41) is 3.90. The highest BCUT2D eigenvalue weighted by atomic mass is 79.9. The molecule has 1 saturated heterocycles. The largest absolute Gasteiger partial charge is 0.450 e. The van der Waals surface area contributed by atoms with E-state index in [-0.39, 0.29) is 12.1 Å². The van der Waals surface area contributed by atoms with Crippen LogP contribution in [0.1, 0.15) is 32.6 Å². The van der Waals surface area contributed by atoms with Crippen molar-refractivity contribution in [1.29, 1.82) is 0 Å². The van der Waals surface area contributed by atoms with Crippen LogP contribution in [0, 0.1) is 0 Å². The molecule has 4 N–H and O–H groups in total. The van der Waals surface area contributed by atoms with Gasteiger partial charge >= 0.3 is 6.09 Å². The summed E-state index contributed by atoms with van der Waals surface area (Å²) in [4.78, 5) is 21.6. The number of unbranched alkanes of at least 4 members (excludes halogenated alkanes) is 1. The molecule has 0 radical (unpaired) electrons. The number of hydrogen-bond acceptors (Lipinski definition) is 5. The fourth-order valence-corrected chi connectivity index (χ4v) is 3.76. The number of carbonyl (C=O) groups is 1. The Morgan fingerprint density at radius 2 is 2.44 bits per heavy atom. The third-order valence-corrected chi connectivity index (χ3v) is 5.03. The minimum absolute atomic E-state index is 0.0539. The minimum atomic E-state index is -0.333. The maximum absolute atomic E-state index is 11.9. The zero-order valence-corrected chi connectivity index (χ0v) is 15.9. The van der Waals surface area contributed by atoms with E-state index in [0.717, 1.165) is 53.4 Å². The smallest absolute Gasteiger partial charge is 0.407 e. The van der Waals surface area contributed by atoms with Gasteiger partial charge in [-0.1, -0.05) is 13.3 Å². The highest BCUT2D eigenvalue weighted by Crippen LogP contribution is 2.37. The van der Waals surface area contributed by atoms with Crippen molar-refractivity contribution in [3.63, 3.8) is 0 Å². The third kappa shape index (κ3) is 4.00. The summed E-state index contributed by atoms with van der Waals surface area (Å²) < 4.78 is 6.11. The van der Waals surface area contributed by atoms with Gasteiger partial charge < -0.3 is 25.7 Å². The summed E-state index contributed by atoms with van der Waals surface area (Å²) in [5.41, 5.74) is 8.59. The first-order chi connectivity index (χ1) is 12.1. The second-order valence-corrected chi connectivity index (χ2v) is 7.20. The van der Waals surface area contributed by atoms with E-state index < -0.39 is 0 Å². The predicted octanol–water partition coefficient (Wildman–Crippen LogP) is 3.40. The van der Waals surface area contributed by atoms with E-state index in [1.165, 1.54) is 0 Å². The molecule has 25 heavy (non-hydrogen) atoms. The van der Waals surface area contributed by atoms with Crippen molar-refractivity contribution in [2.45, 2.75) is 38.6 Å². The van der Waals surface area contributed by atoms with Crippen molar-refractivity contribution in [3.05, 3.63) is 16.9 Å². The summed E-state index contributed by atoms with van der Waals surface area (Å²) in [6, 6.07) is 0.0539. The van der Waals surface area contributed by atoms with Crippen LogP contribution in [-0.2, 0) is 4.74 Å². The number of alkyl carbamates (subject to hydrolysis) is 1. The Hall–Kier alpha value is -1.96. The van der Waals surface area contributed by atoms with E-state index in [1.54, 1.807) is 12.4 Å². The van der Waals surface area contributed by atoms with Crippen LogP contribution in [0.25, 0.3) is 11.0 Å². The van der Waals surface area contributed by atoms with Gasteiger partial charge in [0.2, 0.25) is 0 Å². The van der Waals surface area contributed by atoms with Crippen molar-refractivity contribution in [3.8, 4) is 0 Å². The Labute approximate surface area is 155 Å². The monoisotopic (exact) mass is 409 g/mol. The first-order valence-electron chi connectivity index (χ1n) is 8.69. The Balaban J connectivity index is 1.73. The molecule has 0 saturated carbocycles. The zero-order valence-electron chi connectivity index (χ0n) is 14.3. The summed E-state index contributed by atoms with van der Waals surface area (Å²) in [5.74, 6) is 0. The molecule has 8 heteroatoms. The van der Waals surface area contributed by atoms with Crippen LogP contribution in [0.15, 0.2) is 16.9 Å². The number of nitrogens with zero attached hydrogens (tertiary/aromatic N) is 2. The van der Waals surface area contributed by atoms with Crippen LogP contribution >= 0.6 is 15.9 Å². The number of halogens is 1. The number of H-pyrrole nitrogens is 1. The SMILES string of the molecule is CCCCOC(=O)N[C@@H]1CCCN(c2c(Br)cnc3[nH]cc(N)c23)C1. The number of aromatic nitrogens is 2. The Kier molecular flexibility index (Phi) is 5.67. The summed E-state index contributed by atoms with van der Waals surface area (Å²) in [6.45, 7) is 4.16. The Morgan fingerprint density at radius 1 is 1.60 bits per heavy atom. The molecule has 1 fully saturated rings. The molecule has 1 aliphatic rings. The van der Waals surface area contributed by atoms with Crippen LogP contribution < -0.4 is 16.0 Å². The average molecular weight is 410 g/mol. The highest BCUT2D eigenvalue weighted by molar-refractivity contribution is 9.10. The molecule has 2 aromatic rings. The molecule has 2 aromatic heterocycles. The molecule has 1 aliphatic heterocycles. The van der Waals surface area contributed by atoms with Gasteiger partial charge in [0.25, 0.3) is 0 Å². The van der Waals surface area contributed by atoms with Crippen LogP contribution in [0.5, 0.6) is 0 Å². The second-order valence-electron chi connectivity index (χ2n) is 6.34. The molecule has 0 aromatic carbocycles.